The fourth-order valence-electron chi connectivity index (χ4n) is 11.4. The molecular formula is C62H45FN14O31S10. The number of hydrogen-bond donors (Lipinski definition) is 14. The molecule has 616 valence electrons. The van der Waals surface area contributed by atoms with E-state index >= 15 is 4.39 Å². The van der Waals surface area contributed by atoms with E-state index in [0.717, 1.165) is 91.0 Å². The van der Waals surface area contributed by atoms with Crippen LogP contribution in [0.25, 0.3) is 43.1 Å². The normalized spacial score (nSPS) is 13.1. The first-order chi connectivity index (χ1) is 54.7. The lowest BCUT2D eigenvalue weighted by Crippen LogP contribution is -2.16. The third kappa shape index (κ3) is 18.2. The summed E-state index contributed by atoms with van der Waals surface area (Å²) in [4.78, 5) is 13.4. The highest BCUT2D eigenvalue weighted by atomic mass is 32.3. The molecule has 0 radical (unpaired) electrons. The van der Waals surface area contributed by atoms with Crippen molar-refractivity contribution in [1.29, 1.82) is 0 Å². The van der Waals surface area contributed by atoms with E-state index in [9.17, 15) is 131 Å². The molecule has 0 fully saturated rings. The lowest BCUT2D eigenvalue weighted by Gasteiger charge is -2.16. The number of nitrogens with one attached hydrogen (secondary N) is 4. The minimum atomic E-state index is -5.66. The Hall–Kier alpha value is -12.1. The summed E-state index contributed by atoms with van der Waals surface area (Å²) >= 11 is 0. The predicted octanol–water partition coefficient (Wildman–Crippen LogP) is 8.77. The highest BCUT2D eigenvalue weighted by Gasteiger charge is 2.32. The molecule has 0 aliphatic heterocycles. The van der Waals surface area contributed by atoms with Crippen LogP contribution in [0.5, 0.6) is 17.5 Å². The summed E-state index contributed by atoms with van der Waals surface area (Å²) in [6.45, 7) is 2.35. The number of phenols is 2. The van der Waals surface area contributed by atoms with Gasteiger partial charge in [0.15, 0.2) is 31.2 Å². The molecule has 10 aromatic carbocycles. The zero-order valence-electron chi connectivity index (χ0n) is 57.5. The van der Waals surface area contributed by atoms with Gasteiger partial charge in [-0.15, -0.1) is 20.5 Å². The third-order valence-electron chi connectivity index (χ3n) is 16.3. The third-order valence-corrected chi connectivity index (χ3v) is 26.4. The second kappa shape index (κ2) is 30.8. The molecule has 0 spiro atoms. The minimum absolute atomic E-state index is 0.107. The second-order valence-electron chi connectivity index (χ2n) is 24.0. The molecule has 12 rings (SSSR count). The topological polar surface area (TPSA) is 728 Å². The van der Waals surface area contributed by atoms with Crippen molar-refractivity contribution in [2.45, 2.75) is 49.0 Å². The Morgan fingerprint density at radius 2 is 0.763 bits per heavy atom. The van der Waals surface area contributed by atoms with E-state index in [1.807, 2.05) is 0 Å². The van der Waals surface area contributed by atoms with Crippen molar-refractivity contribution in [2.75, 3.05) is 33.6 Å². The van der Waals surface area contributed by atoms with Gasteiger partial charge in [0.1, 0.15) is 58.7 Å². The number of anilines is 8. The first-order valence-electron chi connectivity index (χ1n) is 31.3. The quantitative estimate of drug-likeness (QED) is 0.0169. The molecule has 0 atom stereocenters. The molecule has 0 bridgehead atoms. The fraction of sp³-hybridized carbons (Fsp3) is 0.0323. The Balaban J connectivity index is 0.866. The van der Waals surface area contributed by atoms with Crippen LogP contribution in [-0.4, -0.2) is 173 Å². The number of nitrogens with zero attached hydrogens (tertiary/aromatic N) is 10. The Kier molecular flexibility index (Phi) is 22.2. The Morgan fingerprint density at radius 3 is 1.16 bits per heavy atom. The van der Waals surface area contributed by atoms with Crippen LogP contribution in [0, 0.1) is 6.08 Å². The van der Waals surface area contributed by atoms with Crippen LogP contribution < -0.4 is 26.0 Å². The highest BCUT2D eigenvalue weighted by Crippen LogP contribution is 2.49. The summed E-state index contributed by atoms with van der Waals surface area (Å²) < 4.78 is 360. The molecule has 0 saturated heterocycles. The number of sulfone groups is 2. The Morgan fingerprint density at radius 1 is 0.381 bits per heavy atom. The molecule has 2 aromatic heterocycles. The van der Waals surface area contributed by atoms with Crippen LogP contribution in [0.2, 0.25) is 0 Å². The summed E-state index contributed by atoms with van der Waals surface area (Å²) in [5.74, 6) is -6.94. The summed E-state index contributed by atoms with van der Waals surface area (Å²) in [5.41, 5.74) is -6.26. The van der Waals surface area contributed by atoms with Crippen LogP contribution in [-0.2, 0) is 101 Å². The number of hydrogen-bond acceptors (Lipinski definition) is 37. The average molecular weight is 1820 g/mol. The van der Waals surface area contributed by atoms with Crippen LogP contribution >= 0.6 is 0 Å². The largest absolute Gasteiger partial charge is 0.505 e. The summed E-state index contributed by atoms with van der Waals surface area (Å²) in [7, 11) is -51.9. The van der Waals surface area contributed by atoms with E-state index in [2.05, 4.69) is 78.2 Å². The van der Waals surface area contributed by atoms with Crippen molar-refractivity contribution >= 4 is 213 Å². The molecule has 0 saturated carbocycles. The van der Waals surface area contributed by atoms with Gasteiger partial charge in [0.05, 0.1) is 36.7 Å². The number of fused-ring (bicyclic) bond motifs is 4. The van der Waals surface area contributed by atoms with Crippen molar-refractivity contribution in [1.82, 2.24) is 29.9 Å². The second-order valence-corrected chi connectivity index (χ2v) is 39.1. The Labute approximate surface area is 662 Å². The molecule has 118 heavy (non-hydrogen) atoms. The van der Waals surface area contributed by atoms with Crippen molar-refractivity contribution in [3.05, 3.63) is 164 Å². The molecular weight excluding hydrogens is 1780 g/mol. The molecule has 14 N–H and O–H groups in total. The SMILES string of the molecule is C=CS(=O)(=O)c1cccc(Nc2nc(Nc3cc(S(=O)(=O)O)cc4cc(S(=O)(=O)O)c(N=Nc5ccc6c(S(=O)(=O)O)cccc6c5S(=O)(=O)O)c(O)c34)nc(OCCS(=O)(=O)c3cccc(Nc4nc(F)nc(Nc5cc(S(=O)(=O)O)cc6cc(S(=O)(=O)O)c(N=Nc7ccc8c(S(=O)(=O)O)cccc8c7S(=O)(=O)O)c(O)c56)n4)c3)n2)c1. The lowest BCUT2D eigenvalue weighted by molar-refractivity contribution is 0.313. The van der Waals surface area contributed by atoms with E-state index in [1.54, 1.807) is 0 Å². The van der Waals surface area contributed by atoms with E-state index in [4.69, 9.17) is 4.74 Å². The number of aromatic hydroxyl groups is 2. The molecule has 0 amide bonds. The number of ether oxygens (including phenoxy) is 1. The van der Waals surface area contributed by atoms with E-state index < -0.39 is 282 Å². The molecule has 45 nitrogen and oxygen atoms in total. The van der Waals surface area contributed by atoms with Crippen LogP contribution in [0.1, 0.15) is 0 Å². The summed E-state index contributed by atoms with van der Waals surface area (Å²) in [6, 6.07) is 20.2. The molecule has 0 aliphatic carbocycles. The summed E-state index contributed by atoms with van der Waals surface area (Å²) in [5, 5.41) is 44.0. The van der Waals surface area contributed by atoms with Gasteiger partial charge < -0.3 is 36.2 Å². The smallest absolute Gasteiger partial charge is 0.323 e. The van der Waals surface area contributed by atoms with Crippen molar-refractivity contribution in [2.24, 2.45) is 20.5 Å². The van der Waals surface area contributed by atoms with Gasteiger partial charge in [-0.05, 0) is 108 Å². The predicted molar refractivity (Wildman–Crippen MR) is 407 cm³/mol. The number of halogens is 1. The number of benzene rings is 10. The Bertz CT molecular complexity index is 7720. The fourth-order valence-corrected chi connectivity index (χ4v) is 18.8. The highest BCUT2D eigenvalue weighted by molar-refractivity contribution is 7.94. The maximum absolute atomic E-state index is 15.5. The van der Waals surface area contributed by atoms with Gasteiger partial charge in [0.25, 0.3) is 80.9 Å². The van der Waals surface area contributed by atoms with Crippen LogP contribution in [0.4, 0.5) is 73.7 Å². The van der Waals surface area contributed by atoms with Gasteiger partial charge in [-0.25, -0.2) is 16.8 Å². The van der Waals surface area contributed by atoms with Gasteiger partial charge in [-0.3, -0.25) is 36.4 Å². The van der Waals surface area contributed by atoms with E-state index in [-0.39, 0.29) is 16.3 Å². The van der Waals surface area contributed by atoms with Crippen LogP contribution in [0.15, 0.2) is 227 Å². The first kappa shape index (κ1) is 85.3. The van der Waals surface area contributed by atoms with E-state index in [1.165, 1.54) is 18.2 Å². The van der Waals surface area contributed by atoms with Gasteiger partial charge in [-0.1, -0.05) is 55.1 Å². The zero-order chi connectivity index (χ0) is 86.3. The maximum atomic E-state index is 15.5. The van der Waals surface area contributed by atoms with Gasteiger partial charge >= 0.3 is 12.1 Å². The molecule has 0 aliphatic rings. The van der Waals surface area contributed by atoms with E-state index in [0.29, 0.717) is 41.8 Å². The van der Waals surface area contributed by atoms with Gasteiger partial charge in [-0.2, -0.15) is 102 Å². The van der Waals surface area contributed by atoms with Crippen LogP contribution in [0.3, 0.4) is 0 Å². The van der Waals surface area contributed by atoms with Crippen molar-refractivity contribution < 1.29 is 140 Å². The monoisotopic (exact) mass is 1820 g/mol. The number of phenolic OH excluding ortho intramolecular Hbond substituents is 2. The zero-order valence-corrected chi connectivity index (χ0v) is 65.7. The molecule has 12 aromatic rings. The molecule has 56 heteroatoms. The number of azo groups is 2. The molecule has 0 unspecified atom stereocenters. The average Bonchev–Trinajstić information content (AvgIpc) is 0.819. The van der Waals surface area contributed by atoms with Crippen molar-refractivity contribution in [3.63, 3.8) is 0 Å². The van der Waals surface area contributed by atoms with Crippen molar-refractivity contribution in [3.8, 4) is 17.5 Å². The minimum Gasteiger partial charge on any atom is -0.505 e. The van der Waals surface area contributed by atoms with Gasteiger partial charge in [0.2, 0.25) is 23.8 Å². The molecule has 2 heterocycles. The first-order valence-corrected chi connectivity index (χ1v) is 46.0. The maximum Gasteiger partial charge on any atom is 0.323 e. The van der Waals surface area contributed by atoms with Gasteiger partial charge in [0, 0.05) is 49.1 Å². The standard InChI is InChI=1S/C62H45FN14O31S10/c1-2-109(80,81)33-9-3-7-31(25-33)65-59-71-61(67-44-28-36(112(87,88)89)22-30-24-48(116(99,100)101)52(54(79)50(30)44)77-75-42-18-16-38-40(56(42)118(105,106)107)12-6-14-46(38)114(93,94)95)73-62(72-59)108-19-20-110(82,83)34-10-4-8-32(26-34)64-58-68-57(63)69-60(70-58)66-43-27-35(111(84,85)86)21-29-23-47(115(96,97)98)51(53(78)49(29)43)76-74-41-17-15-37-39(55(41)117(102,103)104)11-5-13-45(37)113(90,91)92/h2-18,21-28,78-79H,1,19-20H2,(H,84,85,86)(H,87,88,89)(H,90,91,92)(H,93,94,95)(H,96,97,98)(H,99,100,101)(H,102,103,104)(H,105,106,107)(H2,64,66,68,69,70)(H2,65,67,71,72,73). The number of rotatable bonds is 27. The number of aromatic nitrogens is 6. The summed E-state index contributed by atoms with van der Waals surface area (Å²) in [6.07, 6.45) is -1.66. The lowest BCUT2D eigenvalue weighted by atomic mass is 10.1.